The van der Waals surface area contributed by atoms with Crippen LogP contribution in [0.15, 0.2) is 24.5 Å². The number of halogens is 2. The first-order valence-electron chi connectivity index (χ1n) is 10.1. The number of rotatable bonds is 2. The van der Waals surface area contributed by atoms with Gasteiger partial charge in [-0.2, -0.15) is 0 Å². The normalized spacial score (nSPS) is 19.7. The Hall–Kier alpha value is -3.30. The number of amides is 2. The second-order valence-corrected chi connectivity index (χ2v) is 8.06. The summed E-state index contributed by atoms with van der Waals surface area (Å²) in [6, 6.07) is 3.54. The smallest absolute Gasteiger partial charge is 0.272 e. The summed E-state index contributed by atoms with van der Waals surface area (Å²) in [5.74, 6) is -2.13. The minimum atomic E-state index is -2.71. The molecular weight excluding hydrogens is 408 g/mol. The van der Waals surface area contributed by atoms with Gasteiger partial charge < -0.3 is 19.4 Å². The first-order valence-corrected chi connectivity index (χ1v) is 10.1. The summed E-state index contributed by atoms with van der Waals surface area (Å²) in [5, 5.41) is 0. The molecule has 3 aliphatic rings. The van der Waals surface area contributed by atoms with E-state index in [1.807, 2.05) is 11.0 Å². The van der Waals surface area contributed by atoms with Crippen LogP contribution in [0.2, 0.25) is 0 Å². The molecule has 0 aliphatic carbocycles. The van der Waals surface area contributed by atoms with Crippen molar-refractivity contribution in [1.82, 2.24) is 19.8 Å². The van der Waals surface area contributed by atoms with Gasteiger partial charge in [-0.05, 0) is 12.1 Å². The summed E-state index contributed by atoms with van der Waals surface area (Å²) < 4.78 is 32.5. The molecule has 2 aromatic rings. The number of piperidine rings is 1. The maximum absolute atomic E-state index is 13.4. The van der Waals surface area contributed by atoms with E-state index in [2.05, 4.69) is 9.97 Å². The van der Waals surface area contributed by atoms with Crippen molar-refractivity contribution in [2.24, 2.45) is 0 Å². The highest BCUT2D eigenvalue weighted by Gasteiger charge is 2.36. The van der Waals surface area contributed by atoms with Gasteiger partial charge in [-0.25, -0.2) is 18.7 Å². The van der Waals surface area contributed by atoms with Crippen molar-refractivity contribution in [1.29, 1.82) is 0 Å². The molecule has 2 aromatic heterocycles. The Morgan fingerprint density at radius 1 is 1.13 bits per heavy atom. The number of carbonyl (C=O) groups is 2. The van der Waals surface area contributed by atoms with Crippen LogP contribution in [0.25, 0.3) is 0 Å². The number of ether oxygens (including phenoxy) is 1. The van der Waals surface area contributed by atoms with Crippen LogP contribution in [0.4, 0.5) is 20.3 Å². The van der Waals surface area contributed by atoms with E-state index >= 15 is 0 Å². The van der Waals surface area contributed by atoms with Crippen molar-refractivity contribution in [3.05, 3.63) is 41.3 Å². The van der Waals surface area contributed by atoms with E-state index in [1.165, 1.54) is 11.1 Å². The Morgan fingerprint density at radius 3 is 2.68 bits per heavy atom. The van der Waals surface area contributed by atoms with E-state index in [4.69, 9.17) is 4.74 Å². The summed E-state index contributed by atoms with van der Waals surface area (Å²) in [7, 11) is 1.73. The Morgan fingerprint density at radius 2 is 1.90 bits per heavy atom. The van der Waals surface area contributed by atoms with Gasteiger partial charge in [0.15, 0.2) is 11.6 Å². The molecule has 0 radical (unpaired) electrons. The highest BCUT2D eigenvalue weighted by Crippen LogP contribution is 2.37. The lowest BCUT2D eigenvalue weighted by Gasteiger charge is -2.32. The molecule has 2 amide bonds. The standard InChI is InChI=1S/C21H21F2N5O3/c1-26-12-14-8-15(11-24-17(14)20(26)30)28-6-7-31-16-9-13(10-25-18(16)28)19(29)27-4-2-21(22,23)3-5-27/h8-11H,2-7,12H2,1H3. The first-order chi connectivity index (χ1) is 14.8. The number of likely N-dealkylation sites (tertiary alicyclic amines) is 1. The van der Waals surface area contributed by atoms with E-state index in [0.717, 1.165) is 11.3 Å². The lowest BCUT2D eigenvalue weighted by Crippen LogP contribution is -2.42. The Kier molecular flexibility index (Phi) is 4.53. The lowest BCUT2D eigenvalue weighted by atomic mass is 10.1. The van der Waals surface area contributed by atoms with Gasteiger partial charge in [0, 0.05) is 51.3 Å². The first kappa shape index (κ1) is 19.7. The average molecular weight is 429 g/mol. The van der Waals surface area contributed by atoms with Gasteiger partial charge in [0.1, 0.15) is 12.3 Å². The minimum Gasteiger partial charge on any atom is -0.488 e. The van der Waals surface area contributed by atoms with Crippen LogP contribution in [0, 0.1) is 0 Å². The maximum atomic E-state index is 13.4. The molecule has 0 saturated carbocycles. The van der Waals surface area contributed by atoms with Gasteiger partial charge in [-0.3, -0.25) is 9.59 Å². The third kappa shape index (κ3) is 3.45. The van der Waals surface area contributed by atoms with Gasteiger partial charge in [0.05, 0.1) is 24.0 Å². The number of aromatic nitrogens is 2. The Bertz CT molecular complexity index is 1070. The van der Waals surface area contributed by atoms with Crippen molar-refractivity contribution in [2.75, 3.05) is 38.2 Å². The summed E-state index contributed by atoms with van der Waals surface area (Å²) in [6.07, 6.45) is 2.43. The SMILES string of the molecule is CN1Cc2cc(N3CCOc4cc(C(=O)N5CCC(F)(F)CC5)cnc43)cnc2C1=O. The van der Waals surface area contributed by atoms with Crippen molar-refractivity contribution >= 4 is 23.3 Å². The third-order valence-corrected chi connectivity index (χ3v) is 5.91. The second-order valence-electron chi connectivity index (χ2n) is 8.06. The quantitative estimate of drug-likeness (QED) is 0.730. The van der Waals surface area contributed by atoms with Crippen molar-refractivity contribution in [2.45, 2.75) is 25.3 Å². The van der Waals surface area contributed by atoms with Crippen LogP contribution >= 0.6 is 0 Å². The average Bonchev–Trinajstić information content (AvgIpc) is 3.05. The fraction of sp³-hybridized carbons (Fsp3) is 0.429. The van der Waals surface area contributed by atoms with Crippen LogP contribution in [-0.4, -0.2) is 70.8 Å². The summed E-state index contributed by atoms with van der Waals surface area (Å²) in [6.45, 7) is 1.46. The van der Waals surface area contributed by atoms with Crippen LogP contribution in [0.5, 0.6) is 5.75 Å². The van der Waals surface area contributed by atoms with Gasteiger partial charge >= 0.3 is 0 Å². The molecule has 3 aliphatic heterocycles. The Labute approximate surface area is 177 Å². The highest BCUT2D eigenvalue weighted by atomic mass is 19.3. The molecule has 0 bridgehead atoms. The lowest BCUT2D eigenvalue weighted by molar-refractivity contribution is -0.0494. The summed E-state index contributed by atoms with van der Waals surface area (Å²) >= 11 is 0. The van der Waals surface area contributed by atoms with Crippen molar-refractivity contribution in [3.63, 3.8) is 0 Å². The predicted octanol–water partition coefficient (Wildman–Crippen LogP) is 2.46. The van der Waals surface area contributed by atoms with Crippen LogP contribution < -0.4 is 9.64 Å². The monoisotopic (exact) mass is 429 g/mol. The second kappa shape index (κ2) is 7.14. The number of anilines is 2. The fourth-order valence-corrected chi connectivity index (χ4v) is 4.15. The van der Waals surface area contributed by atoms with Crippen molar-refractivity contribution in [3.8, 4) is 5.75 Å². The molecule has 0 unspecified atom stereocenters. The summed E-state index contributed by atoms with van der Waals surface area (Å²) in [4.78, 5) is 38.6. The summed E-state index contributed by atoms with van der Waals surface area (Å²) in [5.41, 5.74) is 2.41. The molecule has 5 rings (SSSR count). The van der Waals surface area contributed by atoms with Crippen molar-refractivity contribution < 1.29 is 23.1 Å². The maximum Gasteiger partial charge on any atom is 0.272 e. The third-order valence-electron chi connectivity index (χ3n) is 5.91. The molecule has 1 fully saturated rings. The molecule has 31 heavy (non-hydrogen) atoms. The molecule has 5 heterocycles. The molecule has 1 saturated heterocycles. The largest absolute Gasteiger partial charge is 0.488 e. The highest BCUT2D eigenvalue weighted by molar-refractivity contribution is 5.97. The zero-order valence-electron chi connectivity index (χ0n) is 17.0. The van der Waals surface area contributed by atoms with Gasteiger partial charge in [0.25, 0.3) is 17.7 Å². The van der Waals surface area contributed by atoms with E-state index in [9.17, 15) is 18.4 Å². The number of nitrogens with zero attached hydrogens (tertiary/aromatic N) is 5. The molecule has 0 aromatic carbocycles. The predicted molar refractivity (Wildman–Crippen MR) is 107 cm³/mol. The number of pyridine rings is 2. The molecular formula is C21H21F2N5O3. The number of hydrogen-bond donors (Lipinski definition) is 0. The molecule has 0 N–H and O–H groups in total. The van der Waals surface area contributed by atoms with Crippen LogP contribution in [-0.2, 0) is 6.54 Å². The molecule has 8 nitrogen and oxygen atoms in total. The van der Waals surface area contributed by atoms with Gasteiger partial charge in [-0.1, -0.05) is 0 Å². The van der Waals surface area contributed by atoms with Gasteiger partial charge in [0.2, 0.25) is 0 Å². The zero-order valence-corrected chi connectivity index (χ0v) is 17.0. The molecule has 10 heteroatoms. The molecule has 162 valence electrons. The zero-order chi connectivity index (χ0) is 21.8. The van der Waals surface area contributed by atoms with E-state index < -0.39 is 5.92 Å². The fourth-order valence-electron chi connectivity index (χ4n) is 4.15. The van der Waals surface area contributed by atoms with Gasteiger partial charge in [-0.15, -0.1) is 0 Å². The number of fused-ring (bicyclic) bond motifs is 2. The minimum absolute atomic E-state index is 0.0177. The molecule has 0 spiro atoms. The number of carbonyl (C=O) groups excluding carboxylic acids is 2. The Balaban J connectivity index is 1.40. The van der Waals surface area contributed by atoms with E-state index in [-0.39, 0.29) is 37.7 Å². The van der Waals surface area contributed by atoms with Crippen LogP contribution in [0.3, 0.4) is 0 Å². The number of hydrogen-bond acceptors (Lipinski definition) is 6. The van der Waals surface area contributed by atoms with E-state index in [1.54, 1.807) is 24.2 Å². The molecule has 0 atom stereocenters. The number of alkyl halides is 2. The topological polar surface area (TPSA) is 78.9 Å². The van der Waals surface area contributed by atoms with Crippen LogP contribution in [0.1, 0.15) is 39.3 Å². The van der Waals surface area contributed by atoms with E-state index in [0.29, 0.717) is 42.5 Å².